The number of aliphatic hydroxyl groups excluding tert-OH is 1. The van der Waals surface area contributed by atoms with Gasteiger partial charge in [-0.15, -0.1) is 11.8 Å². The van der Waals surface area contributed by atoms with Crippen LogP contribution in [0.2, 0.25) is 0 Å². The van der Waals surface area contributed by atoms with Gasteiger partial charge in [-0.1, -0.05) is 6.92 Å². The summed E-state index contributed by atoms with van der Waals surface area (Å²) in [6, 6.07) is -0.350. The predicted molar refractivity (Wildman–Crippen MR) is 107 cm³/mol. The molecule has 0 aromatic rings. The molecule has 3 aliphatic heterocycles. The van der Waals surface area contributed by atoms with E-state index in [0.717, 1.165) is 0 Å². The summed E-state index contributed by atoms with van der Waals surface area (Å²) in [5, 5.41) is 12.7. The topological polar surface area (TPSA) is 122 Å². The predicted octanol–water partition coefficient (Wildman–Crippen LogP) is 1.11. The first-order chi connectivity index (χ1) is 13.9. The molecule has 0 spiro atoms. The van der Waals surface area contributed by atoms with E-state index in [1.165, 1.54) is 16.7 Å². The van der Waals surface area contributed by atoms with E-state index in [4.69, 9.17) is 9.47 Å². The zero-order chi connectivity index (χ0) is 22.4. The quantitative estimate of drug-likeness (QED) is 0.358. The van der Waals surface area contributed by atoms with E-state index < -0.39 is 36.2 Å². The number of amides is 2. The number of rotatable bonds is 6. The highest BCUT2D eigenvalue weighted by molar-refractivity contribution is 8.03. The zero-order valence-electron chi connectivity index (χ0n) is 17.8. The van der Waals surface area contributed by atoms with Crippen molar-refractivity contribution in [3.63, 3.8) is 0 Å². The molecule has 0 aromatic heterocycles. The number of nitrogens with zero attached hydrogens (tertiary/aromatic N) is 1. The van der Waals surface area contributed by atoms with Gasteiger partial charge >= 0.3 is 11.9 Å². The molecular weight excluding hydrogens is 412 g/mol. The third-order valence-electron chi connectivity index (χ3n) is 5.52. The number of β-lactam (4-membered cyclic amide) rings is 1. The molecule has 3 heterocycles. The van der Waals surface area contributed by atoms with Gasteiger partial charge in [0, 0.05) is 17.2 Å². The van der Waals surface area contributed by atoms with Crippen molar-refractivity contribution in [2.75, 3.05) is 6.79 Å². The molecule has 0 aromatic carbocycles. The third kappa shape index (κ3) is 4.07. The first-order valence-corrected chi connectivity index (χ1v) is 10.9. The number of carbonyl (C=O) groups is 4. The number of hydrogen-bond donors (Lipinski definition) is 2. The smallest absolute Gasteiger partial charge is 0.358 e. The Bertz CT molecular complexity index is 801. The number of nitrogens with one attached hydrogen (secondary N) is 1. The molecule has 0 bridgehead atoms. The molecule has 2 N–H and O–H groups in total. The van der Waals surface area contributed by atoms with Gasteiger partial charge in [-0.05, 0) is 34.1 Å². The molecule has 10 heteroatoms. The number of aliphatic hydroxyl groups is 1. The van der Waals surface area contributed by atoms with Gasteiger partial charge in [0.25, 0.3) is 0 Å². The Labute approximate surface area is 179 Å². The fourth-order valence-corrected chi connectivity index (χ4v) is 5.30. The Hall–Kier alpha value is -2.07. The van der Waals surface area contributed by atoms with Crippen LogP contribution in [0.25, 0.3) is 0 Å². The van der Waals surface area contributed by atoms with E-state index in [9.17, 15) is 24.3 Å². The monoisotopic (exact) mass is 440 g/mol. The molecule has 166 valence electrons. The Balaban J connectivity index is 1.78. The van der Waals surface area contributed by atoms with Crippen LogP contribution in [0.4, 0.5) is 0 Å². The molecule has 0 saturated carbocycles. The lowest BCUT2D eigenvalue weighted by Crippen LogP contribution is -2.63. The summed E-state index contributed by atoms with van der Waals surface area (Å²) in [6.45, 7) is 7.93. The summed E-state index contributed by atoms with van der Waals surface area (Å²) in [6.07, 6.45) is 0.176. The Morgan fingerprint density at radius 3 is 2.50 bits per heavy atom. The number of ether oxygens (including phenoxy) is 2. The van der Waals surface area contributed by atoms with Crippen molar-refractivity contribution >= 4 is 35.5 Å². The summed E-state index contributed by atoms with van der Waals surface area (Å²) in [4.78, 5) is 51.0. The molecule has 3 rings (SSSR count). The average molecular weight is 441 g/mol. The van der Waals surface area contributed by atoms with Crippen LogP contribution in [0.5, 0.6) is 0 Å². The third-order valence-corrected chi connectivity index (χ3v) is 6.98. The normalized spacial score (nSPS) is 29.3. The number of hydrogen-bond acceptors (Lipinski definition) is 8. The lowest BCUT2D eigenvalue weighted by Gasteiger charge is -2.46. The molecule has 3 aliphatic rings. The van der Waals surface area contributed by atoms with Crippen molar-refractivity contribution in [1.82, 2.24) is 10.2 Å². The molecule has 30 heavy (non-hydrogen) atoms. The van der Waals surface area contributed by atoms with Crippen LogP contribution in [0, 0.1) is 17.3 Å². The Morgan fingerprint density at radius 2 is 1.97 bits per heavy atom. The van der Waals surface area contributed by atoms with Crippen LogP contribution in [-0.2, 0) is 28.7 Å². The molecule has 2 amide bonds. The Kier molecular flexibility index (Phi) is 6.20. The second-order valence-corrected chi connectivity index (χ2v) is 10.2. The van der Waals surface area contributed by atoms with Gasteiger partial charge in [-0.25, -0.2) is 4.79 Å². The van der Waals surface area contributed by atoms with E-state index in [2.05, 4.69) is 5.32 Å². The van der Waals surface area contributed by atoms with Gasteiger partial charge in [-0.2, -0.15) is 0 Å². The second kappa shape index (κ2) is 8.22. The summed E-state index contributed by atoms with van der Waals surface area (Å²) >= 11 is 1.33. The highest BCUT2D eigenvalue weighted by atomic mass is 32.2. The summed E-state index contributed by atoms with van der Waals surface area (Å²) < 4.78 is 10.2. The van der Waals surface area contributed by atoms with Gasteiger partial charge in [-0.3, -0.25) is 14.4 Å². The summed E-state index contributed by atoms with van der Waals surface area (Å²) in [5.41, 5.74) is -0.634. The highest BCUT2D eigenvalue weighted by Crippen LogP contribution is 2.51. The standard InChI is InChI=1S/C20H28N2O7S/c1-9-14-13(10(2)23)17(25)22(14)15(16(9)30-12-7-6-11(24)21-12)18(26)28-8-29-19(27)20(3,4)5/h9-10,12-14,23H,6-8H2,1-5H3,(H,21,24)/t9-,10-,12-,13-,14-/m1/s1. The second-order valence-electron chi connectivity index (χ2n) is 8.91. The van der Waals surface area contributed by atoms with Gasteiger partial charge < -0.3 is 24.8 Å². The molecule has 2 fully saturated rings. The zero-order valence-corrected chi connectivity index (χ0v) is 18.6. The van der Waals surface area contributed by atoms with Crippen molar-refractivity contribution in [3.05, 3.63) is 10.6 Å². The van der Waals surface area contributed by atoms with E-state index in [-0.39, 0.29) is 34.8 Å². The fraction of sp³-hybridized carbons (Fsp3) is 0.700. The van der Waals surface area contributed by atoms with Gasteiger partial charge in [0.2, 0.25) is 18.6 Å². The van der Waals surface area contributed by atoms with Crippen LogP contribution in [0.1, 0.15) is 47.5 Å². The SMILES string of the molecule is C[C@@H](O)[C@H]1C(=O)N2C(C(=O)OCOC(=O)C(C)(C)C)=C(S[C@@H]3CCC(=O)N3)[C@H](C)[C@H]12. The van der Waals surface area contributed by atoms with E-state index in [1.54, 1.807) is 27.7 Å². The van der Waals surface area contributed by atoms with E-state index in [0.29, 0.717) is 17.7 Å². The van der Waals surface area contributed by atoms with Gasteiger partial charge in [0.15, 0.2) is 0 Å². The molecule has 5 atom stereocenters. The van der Waals surface area contributed by atoms with Crippen LogP contribution in [0.3, 0.4) is 0 Å². The molecular formula is C20H28N2O7S. The minimum atomic E-state index is -0.846. The Morgan fingerprint density at radius 1 is 1.30 bits per heavy atom. The maximum Gasteiger partial charge on any atom is 0.358 e. The molecule has 0 aliphatic carbocycles. The van der Waals surface area contributed by atoms with Gasteiger partial charge in [0.1, 0.15) is 5.70 Å². The summed E-state index contributed by atoms with van der Waals surface area (Å²) in [5.74, 6) is -2.48. The minimum absolute atomic E-state index is 0.0572. The highest BCUT2D eigenvalue weighted by Gasteiger charge is 2.60. The summed E-state index contributed by atoms with van der Waals surface area (Å²) in [7, 11) is 0. The van der Waals surface area contributed by atoms with Crippen LogP contribution < -0.4 is 5.32 Å². The van der Waals surface area contributed by atoms with Crippen molar-refractivity contribution in [2.24, 2.45) is 17.3 Å². The van der Waals surface area contributed by atoms with E-state index in [1.807, 2.05) is 6.92 Å². The van der Waals surface area contributed by atoms with E-state index >= 15 is 0 Å². The minimum Gasteiger partial charge on any atom is -0.427 e. The number of thioether (sulfide) groups is 1. The fourth-order valence-electron chi connectivity index (χ4n) is 3.92. The van der Waals surface area contributed by atoms with Crippen LogP contribution in [-0.4, -0.2) is 58.1 Å². The number of esters is 2. The molecule has 2 saturated heterocycles. The lowest BCUT2D eigenvalue weighted by molar-refractivity contribution is -0.175. The van der Waals surface area contributed by atoms with Crippen LogP contribution in [0.15, 0.2) is 10.6 Å². The van der Waals surface area contributed by atoms with Crippen LogP contribution >= 0.6 is 11.8 Å². The van der Waals surface area contributed by atoms with Crippen molar-refractivity contribution < 1.29 is 33.8 Å². The van der Waals surface area contributed by atoms with Crippen molar-refractivity contribution in [2.45, 2.75) is 65.0 Å². The van der Waals surface area contributed by atoms with Crippen molar-refractivity contribution in [1.29, 1.82) is 0 Å². The molecule has 0 unspecified atom stereocenters. The first-order valence-electron chi connectivity index (χ1n) is 9.99. The molecule has 0 radical (unpaired) electrons. The average Bonchev–Trinajstić information content (AvgIpc) is 3.14. The molecule has 9 nitrogen and oxygen atoms in total. The lowest BCUT2D eigenvalue weighted by atomic mass is 9.79. The first kappa shape index (κ1) is 22.6. The maximum absolute atomic E-state index is 12.9. The number of fused-ring (bicyclic) bond motifs is 1. The van der Waals surface area contributed by atoms with Crippen molar-refractivity contribution in [3.8, 4) is 0 Å². The largest absolute Gasteiger partial charge is 0.427 e. The maximum atomic E-state index is 12.9. The van der Waals surface area contributed by atoms with Gasteiger partial charge in [0.05, 0.1) is 28.9 Å². The number of carbonyl (C=O) groups excluding carboxylic acids is 4.